The van der Waals surface area contributed by atoms with Gasteiger partial charge in [0.2, 0.25) is 0 Å². The molecule has 8 amide bonds. The van der Waals surface area contributed by atoms with Crippen LogP contribution in [0.15, 0.2) is 36.4 Å². The molecule has 0 radical (unpaired) electrons. The van der Waals surface area contributed by atoms with Crippen molar-refractivity contribution in [1.82, 2.24) is 0 Å². The highest BCUT2D eigenvalue weighted by molar-refractivity contribution is 8.14. The third kappa shape index (κ3) is 18.4. The lowest BCUT2D eigenvalue weighted by molar-refractivity contribution is -0.395. The second-order valence-electron chi connectivity index (χ2n) is 25.9. The highest BCUT2D eigenvalue weighted by Crippen LogP contribution is 2.41. The second kappa shape index (κ2) is 35.5. The fourth-order valence-corrected chi connectivity index (χ4v) is 14.8. The lowest BCUT2D eigenvalue weighted by Crippen LogP contribution is -2.68. The number of thioether (sulfide) groups is 2. The summed E-state index contributed by atoms with van der Waals surface area (Å²) in [6.45, 7) is -5.73. The van der Waals surface area contributed by atoms with Crippen LogP contribution in [0.1, 0.15) is 0 Å². The van der Waals surface area contributed by atoms with Crippen molar-refractivity contribution in [3.8, 4) is 0 Å². The van der Waals surface area contributed by atoms with Crippen LogP contribution in [0, 0.1) is 0 Å². The predicted molar refractivity (Wildman–Crippen MR) is 349 cm³/mol. The maximum Gasteiger partial charge on any atom is 0.323 e. The Morgan fingerprint density at radius 3 is 0.776 bits per heavy atom. The van der Waals surface area contributed by atoms with Crippen molar-refractivity contribution < 1.29 is 187 Å². The average Bonchev–Trinajstić information content (AvgIpc) is 0.795. The quantitative estimate of drug-likeness (QED) is 0.122. The Balaban J connectivity index is 1.00. The molecule has 21 rings (SSSR count). The number of carbonyl (C=O) groups is 5. The first kappa shape index (κ1) is 82.5. The number of rotatable bonds is 7. The molecule has 2 aromatic rings. The van der Waals surface area contributed by atoms with Crippen LogP contribution in [-0.4, -0.2) is 385 Å². The number of anilines is 6. The summed E-state index contributed by atoms with van der Waals surface area (Å²) < 4.78 is 82.8. The third-order valence-corrected chi connectivity index (χ3v) is 20.3. The topological polar surface area (TPSA) is 723 Å². The molecule has 14 unspecified atom stereocenters. The van der Waals surface area contributed by atoms with E-state index in [2.05, 4.69) is 31.9 Å². The maximum atomic E-state index is 14.1. The molecule has 0 aromatic heterocycles. The van der Waals surface area contributed by atoms with E-state index in [9.17, 15) is 121 Å². The molecule has 16 saturated heterocycles. The number of aliphatic hydroxyl groups is 19. The fourth-order valence-electron chi connectivity index (χ4n) is 13.3. The van der Waals surface area contributed by atoms with Crippen molar-refractivity contribution in [2.45, 2.75) is 215 Å². The van der Waals surface area contributed by atoms with Gasteiger partial charge in [-0.2, -0.15) is 0 Å². The van der Waals surface area contributed by atoms with Gasteiger partial charge in [-0.05, 0) is 36.4 Å². The number of nitrogens with one attached hydrogen (secondary N) is 6. The number of fused-ring (bicyclic) bond motifs is 3. The van der Waals surface area contributed by atoms with Crippen LogP contribution in [0.2, 0.25) is 0 Å². The zero-order chi connectivity index (χ0) is 77.3. The van der Waals surface area contributed by atoms with Crippen molar-refractivity contribution in [3.63, 3.8) is 0 Å². The van der Waals surface area contributed by atoms with Crippen LogP contribution < -0.4 is 43.4 Å². The molecule has 35 atom stereocenters. The van der Waals surface area contributed by atoms with Gasteiger partial charge in [0.05, 0.1) is 45.2 Å². The van der Waals surface area contributed by atoms with E-state index in [4.69, 9.17) is 77.8 Å². The van der Waals surface area contributed by atoms with Crippen molar-refractivity contribution in [2.24, 2.45) is 11.5 Å². The highest BCUT2D eigenvalue weighted by Gasteiger charge is 2.60. The molecule has 48 heteroatoms. The molecule has 19 aliphatic rings. The van der Waals surface area contributed by atoms with Gasteiger partial charge in [0.15, 0.2) is 44.0 Å². The zero-order valence-electron chi connectivity index (χ0n) is 55.3. The molecule has 600 valence electrons. The molecule has 0 aliphatic carbocycles. The Bertz CT molecular complexity index is 3360. The Hall–Kier alpha value is -5.43. The lowest BCUT2D eigenvalue weighted by atomic mass is 9.95. The molecule has 16 fully saturated rings. The number of hydrogen-bond donors (Lipinski definition) is 27. The van der Waals surface area contributed by atoms with E-state index in [1.165, 1.54) is 24.3 Å². The zero-order valence-corrected chi connectivity index (χ0v) is 57.0. The van der Waals surface area contributed by atoms with Crippen molar-refractivity contribution in [2.75, 3.05) is 76.4 Å². The SMILES string of the molecule is NC(=O)Nc1cc2cc(c1)NC(=O)SC[C@H]1O[C@@H]3O[C@H]4C(O)C(O)[C@H](O[C@@H]4CO)O[C@H]4C(O)C(O)[C@H](O[C@@H]4CO)O[C@H]4C(O)C(O)[C@H](O[C@@H]4CSC(=O)Nc4cc(NC(N)=O)cc(c4)NC(=O)N2)O[C@H]2C(O)C(O)[C@H](O[C@@H]2CO)O[C@H]2C(O)C(O)[C@H](O[C@@H]2CO)O[C@H]2C(O)C(O)[C@H](O[C@@H]2CO)O[C@H]1C(O)C3O. The van der Waals surface area contributed by atoms with Gasteiger partial charge >= 0.3 is 18.1 Å². The summed E-state index contributed by atoms with van der Waals surface area (Å²) in [6, 6.07) is 3.68. The van der Waals surface area contributed by atoms with Crippen LogP contribution in [0.4, 0.5) is 58.1 Å². The highest BCUT2D eigenvalue weighted by atomic mass is 32.2. The summed E-state index contributed by atoms with van der Waals surface area (Å²) in [5.74, 6) is -1.45. The Kier molecular flexibility index (Phi) is 27.4. The number of urea groups is 3. The van der Waals surface area contributed by atoms with E-state index >= 15 is 0 Å². The van der Waals surface area contributed by atoms with Crippen molar-refractivity contribution in [1.29, 1.82) is 0 Å². The Labute approximate surface area is 610 Å². The summed E-state index contributed by atoms with van der Waals surface area (Å²) in [5.41, 5.74) is 9.82. The molecule has 2 aromatic carbocycles. The molecule has 20 bridgehead atoms. The summed E-state index contributed by atoms with van der Waals surface area (Å²) in [4.78, 5) is 66.5. The van der Waals surface area contributed by atoms with Gasteiger partial charge < -0.3 is 207 Å². The van der Waals surface area contributed by atoms with Crippen LogP contribution in [0.25, 0.3) is 0 Å². The molecule has 19 aliphatic heterocycles. The van der Waals surface area contributed by atoms with E-state index in [1.54, 1.807) is 0 Å². The van der Waals surface area contributed by atoms with Gasteiger partial charge in [-0.3, -0.25) is 9.59 Å². The number of carbonyl (C=O) groups excluding carboxylic acids is 5. The predicted octanol–water partition coefficient (Wildman–Crippen LogP) is -10.3. The molecule has 107 heavy (non-hydrogen) atoms. The third-order valence-electron chi connectivity index (χ3n) is 18.6. The molecule has 19 heterocycles. The number of ether oxygens (including phenoxy) is 14. The summed E-state index contributed by atoms with van der Waals surface area (Å²) >= 11 is 0.652. The van der Waals surface area contributed by atoms with E-state index in [0.717, 1.165) is 12.1 Å². The number of nitrogens with two attached hydrogens (primary N) is 2. The second-order valence-corrected chi connectivity index (χ2v) is 27.9. The van der Waals surface area contributed by atoms with Gasteiger partial charge in [-0.15, -0.1) is 0 Å². The minimum absolute atomic E-state index is 0.150. The summed E-state index contributed by atoms with van der Waals surface area (Å²) in [6.07, 6.45) is -75.2. The van der Waals surface area contributed by atoms with Crippen LogP contribution in [0.5, 0.6) is 0 Å². The first-order chi connectivity index (χ1) is 50.9. The Morgan fingerprint density at radius 1 is 0.327 bits per heavy atom. The first-order valence-electron chi connectivity index (χ1n) is 33.0. The van der Waals surface area contributed by atoms with Crippen LogP contribution >= 0.6 is 23.5 Å². The first-order valence-corrected chi connectivity index (χ1v) is 35.0. The lowest BCUT2D eigenvalue weighted by Gasteiger charge is -2.50. The molecular weight excluding hydrogens is 1490 g/mol. The molecule has 29 N–H and O–H groups in total. The summed E-state index contributed by atoms with van der Waals surface area (Å²) in [7, 11) is 0. The standard InChI is InChI=1S/C59H84N8O38S2/c60-55(87)62-14-1-16-5-18(3-14)66-58(90)106-12-25-46-33(79)40(86)54(98-25)103-45-24(11-72)94-50(36(82)29(45)75)101-43-22(9-70)96-52(38(84)31(43)77)105-47-26(13-107-59(91)67-19-4-15(63-56(61)88)2-17(6-19)65-57(89)64-16)97-53(39(85)32(47)78)102-44-23(10-71)93-49(35(81)28(44)74)99-41-20(7-68)92-48(34(80)27(41)73)100-42-21(8-69)95-51(104-46)37(83)30(42)76/h1-6,20-54,68-86H,7-13H2,(H,66,90)(H,67,91)(H3,60,62,87)(H3,61,63,88)(H2,64,65,89)/t20-,21-,22-,23-,24-,25-,26-,27?,28?,29?,30?,31?,32?,33?,34?,35?,36?,37?,38?,39?,40?,41-,42-,43-,44-,45-,46-,47-,48-,49-,50-,51-,52-,53-,54-/m1/s1. The van der Waals surface area contributed by atoms with Gasteiger partial charge in [-0.25, -0.2) is 14.4 Å². The largest absolute Gasteiger partial charge is 0.394 e. The van der Waals surface area contributed by atoms with Gasteiger partial charge in [0.25, 0.3) is 10.5 Å². The number of primary amides is 2. The van der Waals surface area contributed by atoms with Gasteiger partial charge in [0, 0.05) is 45.6 Å². The number of amides is 8. The fraction of sp³-hybridized carbons (Fsp3) is 0.712. The van der Waals surface area contributed by atoms with Crippen molar-refractivity contribution in [3.05, 3.63) is 36.4 Å². The normalized spacial score (nSPS) is 44.1. The van der Waals surface area contributed by atoms with Gasteiger partial charge in [0.1, 0.15) is 159 Å². The smallest absolute Gasteiger partial charge is 0.323 e. The van der Waals surface area contributed by atoms with Crippen molar-refractivity contribution >= 4 is 86.2 Å². The van der Waals surface area contributed by atoms with E-state index in [1.807, 2.05) is 0 Å². The minimum atomic E-state index is -2.37. The summed E-state index contributed by atoms with van der Waals surface area (Å²) in [5, 5.41) is 231. The van der Waals surface area contributed by atoms with E-state index in [-0.39, 0.29) is 34.1 Å². The molecule has 0 saturated carbocycles. The minimum Gasteiger partial charge on any atom is -0.394 e. The number of benzene rings is 2. The number of aliphatic hydroxyl groups excluding tert-OH is 19. The van der Waals surface area contributed by atoms with E-state index in [0.29, 0.717) is 23.5 Å². The molecule has 0 spiro atoms. The van der Waals surface area contributed by atoms with Crippen LogP contribution in [0.3, 0.4) is 0 Å². The number of hydrogen-bond acceptors (Lipinski definition) is 40. The van der Waals surface area contributed by atoms with Crippen LogP contribution in [-0.2, 0) is 66.3 Å². The molecular formula is C59H84N8O38S2. The monoisotopic (exact) mass is 1580 g/mol. The Morgan fingerprint density at radius 2 is 0.542 bits per heavy atom. The molecule has 46 nitrogen and oxygen atoms in total. The van der Waals surface area contributed by atoms with Gasteiger partial charge in [-0.1, -0.05) is 23.5 Å². The van der Waals surface area contributed by atoms with E-state index < -0.39 is 288 Å². The average molecular weight is 1580 g/mol. The maximum absolute atomic E-state index is 14.1.